The molecule has 2 amide bonds. The number of carbonyl (C=O) groups excluding carboxylic acids is 3. The lowest BCUT2D eigenvalue weighted by Crippen LogP contribution is -2.30. The molecule has 3 aromatic rings. The normalized spacial score (nSPS) is 16.4. The van der Waals surface area contributed by atoms with Gasteiger partial charge in [-0.3, -0.25) is 14.9 Å². The van der Waals surface area contributed by atoms with Crippen molar-refractivity contribution in [3.05, 3.63) is 70.7 Å². The number of benzene rings is 2. The number of hydrogen-bond donors (Lipinski definition) is 1. The molecule has 0 aliphatic carbocycles. The highest BCUT2D eigenvalue weighted by atomic mass is 35.5. The van der Waals surface area contributed by atoms with Crippen molar-refractivity contribution in [2.45, 2.75) is 26.3 Å². The maximum atomic E-state index is 13.0. The van der Waals surface area contributed by atoms with Crippen LogP contribution in [0.2, 0.25) is 5.02 Å². The van der Waals surface area contributed by atoms with E-state index in [1.54, 1.807) is 36.1 Å². The van der Waals surface area contributed by atoms with Gasteiger partial charge in [-0.25, -0.2) is 4.79 Å². The molecule has 2 atom stereocenters. The highest BCUT2D eigenvalue weighted by molar-refractivity contribution is 6.30. The molecular formula is C25H24ClN3O5. The summed E-state index contributed by atoms with van der Waals surface area (Å²) in [5, 5.41) is 7.15. The van der Waals surface area contributed by atoms with Crippen molar-refractivity contribution in [2.75, 3.05) is 18.5 Å². The van der Waals surface area contributed by atoms with Gasteiger partial charge in [-0.1, -0.05) is 59.2 Å². The van der Waals surface area contributed by atoms with Crippen LogP contribution in [-0.2, 0) is 14.3 Å². The van der Waals surface area contributed by atoms with Crippen molar-refractivity contribution in [3.8, 4) is 11.3 Å². The molecule has 2 aromatic carbocycles. The molecule has 4 rings (SSSR count). The smallest absolute Gasteiger partial charge is 0.346 e. The third-order valence-electron chi connectivity index (χ3n) is 5.80. The minimum absolute atomic E-state index is 0.0105. The van der Waals surface area contributed by atoms with Crippen LogP contribution < -0.4 is 5.32 Å². The zero-order valence-electron chi connectivity index (χ0n) is 18.8. The summed E-state index contributed by atoms with van der Waals surface area (Å²) in [6, 6.07) is 16.2. The minimum atomic E-state index is -0.675. The van der Waals surface area contributed by atoms with Crippen molar-refractivity contribution in [1.29, 1.82) is 0 Å². The van der Waals surface area contributed by atoms with Gasteiger partial charge in [0.25, 0.3) is 0 Å². The molecule has 0 saturated carbocycles. The lowest BCUT2D eigenvalue weighted by atomic mass is 10.1. The van der Waals surface area contributed by atoms with Gasteiger partial charge in [-0.2, -0.15) is 0 Å². The van der Waals surface area contributed by atoms with Crippen molar-refractivity contribution in [2.24, 2.45) is 5.92 Å². The lowest BCUT2D eigenvalue weighted by molar-refractivity contribution is -0.129. The Morgan fingerprint density at radius 2 is 1.91 bits per heavy atom. The first-order valence-corrected chi connectivity index (χ1v) is 11.3. The van der Waals surface area contributed by atoms with Crippen molar-refractivity contribution in [3.63, 3.8) is 0 Å². The molecule has 2 unspecified atom stereocenters. The van der Waals surface area contributed by atoms with Gasteiger partial charge in [0.05, 0.1) is 18.6 Å². The number of aromatic nitrogens is 1. The number of ether oxygens (including phenoxy) is 1. The van der Waals surface area contributed by atoms with Crippen LogP contribution in [0.5, 0.6) is 0 Å². The number of nitrogens with zero attached hydrogens (tertiary/aromatic N) is 2. The van der Waals surface area contributed by atoms with Gasteiger partial charge in [0.2, 0.25) is 17.7 Å². The van der Waals surface area contributed by atoms with E-state index in [1.807, 2.05) is 37.3 Å². The summed E-state index contributed by atoms with van der Waals surface area (Å²) in [7, 11) is 0. The topological polar surface area (TPSA) is 102 Å². The fourth-order valence-corrected chi connectivity index (χ4v) is 4.11. The second-order valence-corrected chi connectivity index (χ2v) is 8.42. The highest BCUT2D eigenvalue weighted by Crippen LogP contribution is 2.33. The first kappa shape index (κ1) is 23.5. The summed E-state index contributed by atoms with van der Waals surface area (Å²) >= 11 is 5.96. The van der Waals surface area contributed by atoms with Crippen LogP contribution in [0.1, 0.15) is 42.2 Å². The minimum Gasteiger partial charge on any atom is -0.462 e. The Balaban J connectivity index is 1.54. The van der Waals surface area contributed by atoms with Gasteiger partial charge < -0.3 is 14.2 Å². The van der Waals surface area contributed by atoms with Crippen molar-refractivity contribution >= 4 is 35.3 Å². The zero-order chi connectivity index (χ0) is 24.2. The van der Waals surface area contributed by atoms with Crippen LogP contribution >= 0.6 is 11.6 Å². The predicted octanol–water partition coefficient (Wildman–Crippen LogP) is 4.72. The Labute approximate surface area is 201 Å². The van der Waals surface area contributed by atoms with E-state index in [9.17, 15) is 14.4 Å². The summed E-state index contributed by atoms with van der Waals surface area (Å²) in [6.07, 6.45) is 0.0654. The molecule has 1 aliphatic heterocycles. The summed E-state index contributed by atoms with van der Waals surface area (Å²) in [6.45, 7) is 4.01. The predicted molar refractivity (Wildman–Crippen MR) is 126 cm³/mol. The Kier molecular flexibility index (Phi) is 6.98. The second kappa shape index (κ2) is 10.1. The maximum Gasteiger partial charge on any atom is 0.346 e. The fraction of sp³-hybridized carbons (Fsp3) is 0.280. The lowest BCUT2D eigenvalue weighted by Gasteiger charge is -2.25. The molecule has 1 fully saturated rings. The van der Waals surface area contributed by atoms with E-state index in [0.29, 0.717) is 10.6 Å². The van der Waals surface area contributed by atoms with Crippen molar-refractivity contribution in [1.82, 2.24) is 10.1 Å². The molecule has 1 aromatic heterocycles. The van der Waals surface area contributed by atoms with E-state index in [2.05, 4.69) is 10.5 Å². The Bertz CT molecular complexity index is 1190. The first-order valence-electron chi connectivity index (χ1n) is 11.0. The summed E-state index contributed by atoms with van der Waals surface area (Å²) < 4.78 is 10.5. The van der Waals surface area contributed by atoms with E-state index >= 15 is 0 Å². The standard InChI is InChI=1S/C25H24ClN3O5/c1-3-33-25(32)21-22(17-9-11-19(26)12-10-17)28-34-24(21)27-23(31)18-13-20(30)29(14-18)15(2)16-7-5-4-6-8-16/h4-12,15,18H,3,13-14H2,1-2H3,(H,27,31). The number of rotatable bonds is 7. The molecule has 9 heteroatoms. The number of hydrogen-bond acceptors (Lipinski definition) is 6. The van der Waals surface area contributed by atoms with Gasteiger partial charge in [0, 0.05) is 23.6 Å². The summed E-state index contributed by atoms with van der Waals surface area (Å²) in [5.41, 5.74) is 1.81. The first-order chi connectivity index (χ1) is 16.4. The quantitative estimate of drug-likeness (QED) is 0.490. The van der Waals surface area contributed by atoms with Gasteiger partial charge in [-0.05, 0) is 31.5 Å². The van der Waals surface area contributed by atoms with Crippen LogP contribution in [0, 0.1) is 5.92 Å². The third-order valence-corrected chi connectivity index (χ3v) is 6.06. The Morgan fingerprint density at radius 3 is 2.59 bits per heavy atom. The van der Waals surface area contributed by atoms with Crippen LogP contribution in [0.3, 0.4) is 0 Å². The average Bonchev–Trinajstić information content (AvgIpc) is 3.43. The van der Waals surface area contributed by atoms with E-state index in [4.69, 9.17) is 20.9 Å². The van der Waals surface area contributed by atoms with E-state index in [1.165, 1.54) is 0 Å². The fourth-order valence-electron chi connectivity index (χ4n) is 3.98. The van der Waals surface area contributed by atoms with Crippen LogP contribution in [-0.4, -0.2) is 41.0 Å². The van der Waals surface area contributed by atoms with Crippen LogP contribution in [0.15, 0.2) is 59.1 Å². The van der Waals surface area contributed by atoms with Gasteiger partial charge in [-0.15, -0.1) is 0 Å². The van der Waals surface area contributed by atoms with E-state index < -0.39 is 17.8 Å². The number of carbonyl (C=O) groups is 3. The third kappa shape index (κ3) is 4.82. The summed E-state index contributed by atoms with van der Waals surface area (Å²) in [4.78, 5) is 40.1. The number of halogens is 1. The number of anilines is 1. The number of amides is 2. The number of nitrogens with one attached hydrogen (secondary N) is 1. The molecule has 0 bridgehead atoms. The molecule has 1 aliphatic rings. The zero-order valence-corrected chi connectivity index (χ0v) is 19.5. The molecule has 8 nitrogen and oxygen atoms in total. The van der Waals surface area contributed by atoms with Crippen molar-refractivity contribution < 1.29 is 23.6 Å². The SMILES string of the molecule is CCOC(=O)c1c(-c2ccc(Cl)cc2)noc1NC(=O)C1CC(=O)N(C(C)c2ccccc2)C1. The highest BCUT2D eigenvalue weighted by Gasteiger charge is 2.38. The van der Waals surface area contributed by atoms with Crippen LogP contribution in [0.25, 0.3) is 11.3 Å². The molecule has 34 heavy (non-hydrogen) atoms. The molecule has 0 spiro atoms. The molecule has 2 heterocycles. The average molecular weight is 482 g/mol. The Morgan fingerprint density at radius 1 is 1.21 bits per heavy atom. The van der Waals surface area contributed by atoms with Gasteiger partial charge >= 0.3 is 5.97 Å². The maximum absolute atomic E-state index is 13.0. The summed E-state index contributed by atoms with van der Waals surface area (Å²) in [5.74, 6) is -1.93. The number of esters is 1. The largest absolute Gasteiger partial charge is 0.462 e. The number of likely N-dealkylation sites (tertiary alicyclic amines) is 1. The van der Waals surface area contributed by atoms with Crippen LogP contribution in [0.4, 0.5) is 5.88 Å². The van der Waals surface area contributed by atoms with E-state index in [0.717, 1.165) is 5.56 Å². The molecule has 1 saturated heterocycles. The van der Waals surface area contributed by atoms with Gasteiger partial charge in [0.15, 0.2) is 5.56 Å². The monoisotopic (exact) mass is 481 g/mol. The molecule has 0 radical (unpaired) electrons. The molecule has 1 N–H and O–H groups in total. The van der Waals surface area contributed by atoms with Gasteiger partial charge in [0.1, 0.15) is 5.69 Å². The molecule has 176 valence electrons. The molecular weight excluding hydrogens is 458 g/mol. The Hall–Kier alpha value is -3.65. The van der Waals surface area contributed by atoms with E-state index in [-0.39, 0.29) is 48.7 Å². The second-order valence-electron chi connectivity index (χ2n) is 7.99.